The second-order valence-electron chi connectivity index (χ2n) is 7.85. The molecule has 1 atom stereocenters. The lowest BCUT2D eigenvalue weighted by Gasteiger charge is -2.36. The number of nitrogens with one attached hydrogen (secondary N) is 2. The van der Waals surface area contributed by atoms with Crippen molar-refractivity contribution in [2.75, 3.05) is 33.4 Å². The Hall–Kier alpha value is -2.61. The molecule has 0 bridgehead atoms. The Kier molecular flexibility index (Phi) is 9.11. The molecule has 1 heterocycles. The van der Waals surface area contributed by atoms with E-state index in [1.165, 1.54) is 0 Å². The van der Waals surface area contributed by atoms with E-state index in [1.807, 2.05) is 0 Å². The van der Waals surface area contributed by atoms with Crippen molar-refractivity contribution in [3.63, 3.8) is 0 Å². The van der Waals surface area contributed by atoms with Gasteiger partial charge in [-0.15, -0.1) is 0 Å². The molecule has 2 aromatic rings. The molecule has 1 aliphatic heterocycles. The van der Waals surface area contributed by atoms with E-state index in [9.17, 15) is 14.4 Å². The number of likely N-dealkylation sites (tertiary alicyclic amines) is 1. The molecule has 0 aromatic heterocycles. The van der Waals surface area contributed by atoms with Crippen LogP contribution in [0.3, 0.4) is 0 Å². The average molecular weight is 492 g/mol. The van der Waals surface area contributed by atoms with Gasteiger partial charge in [-0.25, -0.2) is 0 Å². The number of carbonyl (C=O) groups excluding carboxylic acids is 3. The topological polar surface area (TPSA) is 87.7 Å². The molecule has 0 aliphatic carbocycles. The molecule has 3 amide bonds. The van der Waals surface area contributed by atoms with Gasteiger partial charge in [0.05, 0.1) is 17.2 Å². The number of rotatable bonds is 8. The van der Waals surface area contributed by atoms with Crippen molar-refractivity contribution in [1.29, 1.82) is 0 Å². The minimum Gasteiger partial charge on any atom is -0.383 e. The van der Waals surface area contributed by atoms with E-state index in [1.54, 1.807) is 60.5 Å². The smallest absolute Gasteiger partial charge is 0.253 e. The Morgan fingerprint density at radius 2 is 1.73 bits per heavy atom. The van der Waals surface area contributed by atoms with Crippen LogP contribution in [0.25, 0.3) is 0 Å². The molecule has 1 aliphatic rings. The maximum absolute atomic E-state index is 12.9. The Labute approximate surface area is 203 Å². The number of nitrogens with zero attached hydrogens (tertiary/aromatic N) is 1. The molecular weight excluding hydrogens is 465 g/mol. The first-order valence-electron chi connectivity index (χ1n) is 10.8. The van der Waals surface area contributed by atoms with Crippen LogP contribution in [0.5, 0.6) is 0 Å². The van der Waals surface area contributed by atoms with E-state index in [0.717, 1.165) is 0 Å². The van der Waals surface area contributed by atoms with Gasteiger partial charge in [0.15, 0.2) is 0 Å². The van der Waals surface area contributed by atoms with Crippen molar-refractivity contribution in [2.45, 2.75) is 18.9 Å². The number of methoxy groups -OCH3 is 1. The van der Waals surface area contributed by atoms with Gasteiger partial charge in [0.2, 0.25) is 5.91 Å². The highest BCUT2D eigenvalue weighted by molar-refractivity contribution is 6.33. The highest BCUT2D eigenvalue weighted by Crippen LogP contribution is 2.24. The first-order valence-corrected chi connectivity index (χ1v) is 11.5. The summed E-state index contributed by atoms with van der Waals surface area (Å²) in [5, 5.41) is 6.56. The van der Waals surface area contributed by atoms with Gasteiger partial charge in [-0.3, -0.25) is 14.4 Å². The van der Waals surface area contributed by atoms with Gasteiger partial charge >= 0.3 is 0 Å². The van der Waals surface area contributed by atoms with Crippen molar-refractivity contribution in [3.05, 3.63) is 69.7 Å². The SMILES string of the molecule is COCCNC(=O)C(NC(=O)c1ccccc1Cl)C1CCN(C(=O)c2ccc(Cl)cc2)CC1. The van der Waals surface area contributed by atoms with Gasteiger partial charge in [0.25, 0.3) is 11.8 Å². The number of halogens is 2. The summed E-state index contributed by atoms with van der Waals surface area (Å²) in [6, 6.07) is 12.7. The Bertz CT molecular complexity index is 976. The van der Waals surface area contributed by atoms with Gasteiger partial charge in [0, 0.05) is 37.3 Å². The molecule has 1 fully saturated rings. The molecule has 1 saturated heterocycles. The summed E-state index contributed by atoms with van der Waals surface area (Å²) in [5.41, 5.74) is 0.878. The molecule has 176 valence electrons. The number of carbonyl (C=O) groups is 3. The number of ether oxygens (including phenoxy) is 1. The maximum Gasteiger partial charge on any atom is 0.253 e. The van der Waals surface area contributed by atoms with Gasteiger partial charge < -0.3 is 20.3 Å². The van der Waals surface area contributed by atoms with Crippen molar-refractivity contribution >= 4 is 40.9 Å². The Morgan fingerprint density at radius 1 is 1.06 bits per heavy atom. The summed E-state index contributed by atoms with van der Waals surface area (Å²) < 4.78 is 5.00. The van der Waals surface area contributed by atoms with Crippen molar-refractivity contribution in [1.82, 2.24) is 15.5 Å². The largest absolute Gasteiger partial charge is 0.383 e. The van der Waals surface area contributed by atoms with E-state index < -0.39 is 11.9 Å². The predicted octanol–water partition coefficient (Wildman–Crippen LogP) is 3.41. The van der Waals surface area contributed by atoms with E-state index in [-0.39, 0.29) is 17.7 Å². The summed E-state index contributed by atoms with van der Waals surface area (Å²) in [5.74, 6) is -0.901. The molecule has 1 unspecified atom stereocenters. The molecule has 2 aromatic carbocycles. The third-order valence-corrected chi connectivity index (χ3v) is 6.26. The first kappa shape index (κ1) is 25.0. The second kappa shape index (κ2) is 12.0. The van der Waals surface area contributed by atoms with Gasteiger partial charge in [-0.1, -0.05) is 35.3 Å². The van der Waals surface area contributed by atoms with Crippen LogP contribution in [0.15, 0.2) is 48.5 Å². The minimum atomic E-state index is -0.751. The van der Waals surface area contributed by atoms with Crippen molar-refractivity contribution < 1.29 is 19.1 Å². The van der Waals surface area contributed by atoms with Crippen molar-refractivity contribution in [3.8, 4) is 0 Å². The summed E-state index contributed by atoms with van der Waals surface area (Å²) in [7, 11) is 1.55. The molecule has 33 heavy (non-hydrogen) atoms. The maximum atomic E-state index is 12.9. The molecule has 0 spiro atoms. The van der Waals surface area contributed by atoms with Crippen LogP contribution >= 0.6 is 23.2 Å². The number of benzene rings is 2. The number of hydrogen-bond acceptors (Lipinski definition) is 4. The zero-order chi connectivity index (χ0) is 23.8. The van der Waals surface area contributed by atoms with Gasteiger partial charge in [-0.2, -0.15) is 0 Å². The Balaban J connectivity index is 1.68. The summed E-state index contributed by atoms with van der Waals surface area (Å²) in [4.78, 5) is 40.4. The highest BCUT2D eigenvalue weighted by atomic mass is 35.5. The van der Waals surface area contributed by atoms with Crippen LogP contribution in [0.4, 0.5) is 0 Å². The van der Waals surface area contributed by atoms with Gasteiger partial charge in [-0.05, 0) is 55.2 Å². The van der Waals surface area contributed by atoms with Crippen molar-refractivity contribution in [2.24, 2.45) is 5.92 Å². The molecule has 3 rings (SSSR count). The second-order valence-corrected chi connectivity index (χ2v) is 8.69. The molecule has 0 radical (unpaired) electrons. The molecule has 9 heteroatoms. The molecule has 7 nitrogen and oxygen atoms in total. The summed E-state index contributed by atoms with van der Waals surface area (Å²) in [6.07, 6.45) is 1.15. The molecule has 0 saturated carbocycles. The average Bonchev–Trinajstić information content (AvgIpc) is 2.83. The third-order valence-electron chi connectivity index (χ3n) is 5.68. The summed E-state index contributed by atoms with van der Waals surface area (Å²) >= 11 is 12.1. The lowest BCUT2D eigenvalue weighted by Crippen LogP contribution is -2.54. The van der Waals surface area contributed by atoms with Crippen LogP contribution < -0.4 is 10.6 Å². The third kappa shape index (κ3) is 6.69. The number of piperidine rings is 1. The van der Waals surface area contributed by atoms with Crippen LogP contribution in [-0.2, 0) is 9.53 Å². The first-order chi connectivity index (χ1) is 15.9. The van der Waals surface area contributed by atoms with E-state index in [0.29, 0.717) is 60.3 Å². The van der Waals surface area contributed by atoms with Crippen LogP contribution in [0.2, 0.25) is 10.0 Å². The Morgan fingerprint density at radius 3 is 2.36 bits per heavy atom. The standard InChI is InChI=1S/C24H27Cl2N3O4/c1-33-15-12-27-23(31)21(28-22(30)19-4-2-3-5-20(19)26)16-10-13-29(14-11-16)24(32)17-6-8-18(25)9-7-17/h2-9,16,21H,10-15H2,1H3,(H,27,31)(H,28,30). The quantitative estimate of drug-likeness (QED) is 0.553. The zero-order valence-electron chi connectivity index (χ0n) is 18.4. The van der Waals surface area contributed by atoms with Crippen LogP contribution in [-0.4, -0.2) is 62.0 Å². The fourth-order valence-corrected chi connectivity index (χ4v) is 4.21. The fourth-order valence-electron chi connectivity index (χ4n) is 3.86. The lowest BCUT2D eigenvalue weighted by molar-refractivity contribution is -0.124. The fraction of sp³-hybridized carbons (Fsp3) is 0.375. The lowest BCUT2D eigenvalue weighted by atomic mass is 9.88. The number of amides is 3. The van der Waals surface area contributed by atoms with E-state index >= 15 is 0 Å². The zero-order valence-corrected chi connectivity index (χ0v) is 19.9. The highest BCUT2D eigenvalue weighted by Gasteiger charge is 2.34. The number of hydrogen-bond donors (Lipinski definition) is 2. The predicted molar refractivity (Wildman–Crippen MR) is 128 cm³/mol. The normalized spacial score (nSPS) is 15.1. The minimum absolute atomic E-state index is 0.0775. The van der Waals surface area contributed by atoms with Crippen LogP contribution in [0.1, 0.15) is 33.6 Å². The monoisotopic (exact) mass is 491 g/mol. The van der Waals surface area contributed by atoms with E-state index in [4.69, 9.17) is 27.9 Å². The van der Waals surface area contributed by atoms with E-state index in [2.05, 4.69) is 10.6 Å². The summed E-state index contributed by atoms with van der Waals surface area (Å²) in [6.45, 7) is 1.67. The van der Waals surface area contributed by atoms with Gasteiger partial charge in [0.1, 0.15) is 6.04 Å². The van der Waals surface area contributed by atoms with Crippen LogP contribution in [0, 0.1) is 5.92 Å². The molecule has 2 N–H and O–H groups in total. The molecular formula is C24H27Cl2N3O4.